The summed E-state index contributed by atoms with van der Waals surface area (Å²) in [4.78, 5) is 18.6. The molecule has 17 heavy (non-hydrogen) atoms. The van der Waals surface area contributed by atoms with Crippen LogP contribution in [0.3, 0.4) is 0 Å². The normalized spacial score (nSPS) is 11.3. The number of carboxylic acid groups (broad SMARTS) is 1. The number of aryl methyl sites for hydroxylation is 1. The van der Waals surface area contributed by atoms with E-state index in [1.807, 2.05) is 0 Å². The smallest absolute Gasteiger partial charge is 0.339 e. The zero-order valence-electron chi connectivity index (χ0n) is 10.6. The van der Waals surface area contributed by atoms with E-state index in [4.69, 9.17) is 9.84 Å². The van der Waals surface area contributed by atoms with Crippen molar-refractivity contribution < 1.29 is 14.6 Å². The molecule has 0 atom stereocenters. The first-order chi connectivity index (χ1) is 7.79. The molecule has 94 valence electrons. The fourth-order valence-electron chi connectivity index (χ4n) is 1.17. The van der Waals surface area contributed by atoms with Gasteiger partial charge in [0.2, 0.25) is 0 Å². The van der Waals surface area contributed by atoms with Crippen molar-refractivity contribution in [3.05, 3.63) is 17.5 Å². The molecule has 0 radical (unpaired) electrons. The maximum atomic E-state index is 10.8. The van der Waals surface area contributed by atoms with E-state index in [1.165, 1.54) is 6.20 Å². The van der Waals surface area contributed by atoms with Gasteiger partial charge in [-0.2, -0.15) is 4.98 Å². The van der Waals surface area contributed by atoms with Crippen LogP contribution >= 0.6 is 0 Å². The molecule has 1 rings (SSSR count). The lowest BCUT2D eigenvalue weighted by Crippen LogP contribution is -2.13. The third-order valence-electron chi connectivity index (χ3n) is 2.27. The second-order valence-corrected chi connectivity index (χ2v) is 5.12. The van der Waals surface area contributed by atoms with Gasteiger partial charge in [-0.05, 0) is 18.8 Å². The molecule has 0 aliphatic heterocycles. The third kappa shape index (κ3) is 4.38. The molecule has 1 aromatic rings. The van der Waals surface area contributed by atoms with Crippen molar-refractivity contribution >= 4 is 5.97 Å². The minimum Gasteiger partial charge on any atom is -0.478 e. The van der Waals surface area contributed by atoms with Gasteiger partial charge in [0.1, 0.15) is 0 Å². The van der Waals surface area contributed by atoms with Crippen molar-refractivity contribution in [2.24, 2.45) is 5.41 Å². The molecule has 0 bridgehead atoms. The predicted molar refractivity (Wildman–Crippen MR) is 63.3 cm³/mol. The Bertz CT molecular complexity index is 411. The molecule has 1 N–H and O–H groups in total. The van der Waals surface area contributed by atoms with Crippen LogP contribution in [0.25, 0.3) is 0 Å². The van der Waals surface area contributed by atoms with Gasteiger partial charge < -0.3 is 9.84 Å². The van der Waals surface area contributed by atoms with Crippen LogP contribution in [0.4, 0.5) is 0 Å². The Labute approximate surface area is 101 Å². The Balaban J connectivity index is 2.62. The second kappa shape index (κ2) is 5.12. The highest BCUT2D eigenvalue weighted by molar-refractivity contribution is 5.88. The van der Waals surface area contributed by atoms with Crippen molar-refractivity contribution in [2.75, 3.05) is 6.61 Å². The molecule has 0 aromatic carbocycles. The summed E-state index contributed by atoms with van der Waals surface area (Å²) < 4.78 is 5.38. The number of hydrogen-bond acceptors (Lipinski definition) is 4. The Morgan fingerprint density at radius 3 is 2.59 bits per heavy atom. The van der Waals surface area contributed by atoms with Crippen molar-refractivity contribution in [3.63, 3.8) is 0 Å². The van der Waals surface area contributed by atoms with E-state index in [2.05, 4.69) is 30.7 Å². The number of rotatable bonds is 4. The van der Waals surface area contributed by atoms with Crippen molar-refractivity contribution in [1.82, 2.24) is 9.97 Å². The maximum absolute atomic E-state index is 10.8. The highest BCUT2D eigenvalue weighted by atomic mass is 16.5. The lowest BCUT2D eigenvalue weighted by Gasteiger charge is -2.17. The zero-order chi connectivity index (χ0) is 13.1. The molecule has 5 heteroatoms. The summed E-state index contributed by atoms with van der Waals surface area (Å²) in [6.45, 7) is 8.51. The SMILES string of the molecule is Cc1nc(OCCC(C)(C)C)ncc1C(=O)O. The molecule has 0 spiro atoms. The average Bonchev–Trinajstić information content (AvgIpc) is 2.15. The van der Waals surface area contributed by atoms with Crippen LogP contribution in [-0.2, 0) is 0 Å². The van der Waals surface area contributed by atoms with E-state index >= 15 is 0 Å². The Hall–Kier alpha value is -1.65. The molecule has 0 aliphatic carbocycles. The van der Waals surface area contributed by atoms with Crippen LogP contribution in [-0.4, -0.2) is 27.7 Å². The van der Waals surface area contributed by atoms with Gasteiger partial charge in [-0.1, -0.05) is 20.8 Å². The first kappa shape index (κ1) is 13.4. The fourth-order valence-corrected chi connectivity index (χ4v) is 1.17. The van der Waals surface area contributed by atoms with E-state index in [0.717, 1.165) is 6.42 Å². The van der Waals surface area contributed by atoms with Gasteiger partial charge in [0, 0.05) is 6.20 Å². The quantitative estimate of drug-likeness (QED) is 0.871. The molecule has 0 aliphatic rings. The summed E-state index contributed by atoms with van der Waals surface area (Å²) in [5.41, 5.74) is 0.710. The summed E-state index contributed by atoms with van der Waals surface area (Å²) in [5, 5.41) is 8.82. The number of aromatic nitrogens is 2. The molecule has 0 saturated heterocycles. The van der Waals surface area contributed by atoms with E-state index in [1.54, 1.807) is 6.92 Å². The van der Waals surface area contributed by atoms with E-state index in [-0.39, 0.29) is 17.0 Å². The van der Waals surface area contributed by atoms with Crippen LogP contribution in [0, 0.1) is 12.3 Å². The first-order valence-electron chi connectivity index (χ1n) is 5.49. The maximum Gasteiger partial charge on any atom is 0.339 e. The van der Waals surface area contributed by atoms with Gasteiger partial charge >= 0.3 is 12.0 Å². The van der Waals surface area contributed by atoms with Gasteiger partial charge in [0.15, 0.2) is 0 Å². The topological polar surface area (TPSA) is 72.3 Å². The number of ether oxygens (including phenoxy) is 1. The number of hydrogen-bond donors (Lipinski definition) is 1. The summed E-state index contributed by atoms with van der Waals surface area (Å²) in [7, 11) is 0. The van der Waals surface area contributed by atoms with Crippen LogP contribution in [0.2, 0.25) is 0 Å². The third-order valence-corrected chi connectivity index (χ3v) is 2.27. The summed E-state index contributed by atoms with van der Waals surface area (Å²) in [6, 6.07) is 0.233. The van der Waals surface area contributed by atoms with Gasteiger partial charge in [0.25, 0.3) is 0 Å². The molecule has 0 unspecified atom stereocenters. The van der Waals surface area contributed by atoms with E-state index in [0.29, 0.717) is 12.3 Å². The standard InChI is InChI=1S/C12H18N2O3/c1-8-9(10(15)16)7-13-11(14-8)17-6-5-12(2,3)4/h7H,5-6H2,1-4H3,(H,15,16). The number of nitrogens with zero attached hydrogens (tertiary/aromatic N) is 2. The highest BCUT2D eigenvalue weighted by Gasteiger charge is 2.12. The van der Waals surface area contributed by atoms with E-state index in [9.17, 15) is 4.79 Å². The van der Waals surface area contributed by atoms with Crippen molar-refractivity contribution in [1.29, 1.82) is 0 Å². The summed E-state index contributed by atoms with van der Waals surface area (Å²) in [6.07, 6.45) is 2.16. The monoisotopic (exact) mass is 238 g/mol. The van der Waals surface area contributed by atoms with Gasteiger partial charge in [-0.3, -0.25) is 0 Å². The molecule has 0 saturated carbocycles. The van der Waals surface area contributed by atoms with E-state index < -0.39 is 5.97 Å². The molecular weight excluding hydrogens is 220 g/mol. The number of aromatic carboxylic acids is 1. The lowest BCUT2D eigenvalue weighted by atomic mass is 9.93. The summed E-state index contributed by atoms with van der Waals surface area (Å²) >= 11 is 0. The van der Waals surface area contributed by atoms with Gasteiger partial charge in [-0.25, -0.2) is 9.78 Å². The molecule has 5 nitrogen and oxygen atoms in total. The predicted octanol–water partition coefficient (Wildman–Crippen LogP) is 2.30. The molecule has 0 amide bonds. The average molecular weight is 238 g/mol. The van der Waals surface area contributed by atoms with Crippen molar-refractivity contribution in [2.45, 2.75) is 34.1 Å². The molecular formula is C12H18N2O3. The van der Waals surface area contributed by atoms with Crippen LogP contribution in [0.15, 0.2) is 6.20 Å². The molecule has 0 fully saturated rings. The Morgan fingerprint density at radius 1 is 1.47 bits per heavy atom. The number of carboxylic acids is 1. The highest BCUT2D eigenvalue weighted by Crippen LogP contribution is 2.18. The summed E-state index contributed by atoms with van der Waals surface area (Å²) in [5.74, 6) is -1.02. The van der Waals surface area contributed by atoms with Gasteiger partial charge in [-0.15, -0.1) is 0 Å². The second-order valence-electron chi connectivity index (χ2n) is 5.12. The van der Waals surface area contributed by atoms with Crippen molar-refractivity contribution in [3.8, 4) is 6.01 Å². The Morgan fingerprint density at radius 2 is 2.12 bits per heavy atom. The largest absolute Gasteiger partial charge is 0.478 e. The molecule has 1 aromatic heterocycles. The Kier molecular flexibility index (Phi) is 4.04. The van der Waals surface area contributed by atoms with Crippen LogP contribution < -0.4 is 4.74 Å². The minimum atomic E-state index is -1.02. The minimum absolute atomic E-state index is 0.105. The van der Waals surface area contributed by atoms with Crippen LogP contribution in [0.1, 0.15) is 43.2 Å². The van der Waals surface area contributed by atoms with Gasteiger partial charge in [0.05, 0.1) is 17.9 Å². The zero-order valence-corrected chi connectivity index (χ0v) is 10.6. The fraction of sp³-hybridized carbons (Fsp3) is 0.583. The molecule has 1 heterocycles. The number of carbonyl (C=O) groups is 1. The first-order valence-corrected chi connectivity index (χ1v) is 5.49. The lowest BCUT2D eigenvalue weighted by molar-refractivity contribution is 0.0695. The van der Waals surface area contributed by atoms with Crippen LogP contribution in [0.5, 0.6) is 6.01 Å².